The molecular weight excluding hydrogens is 328 g/mol. The Morgan fingerprint density at radius 1 is 1.12 bits per heavy atom. The van der Waals surface area contributed by atoms with E-state index in [9.17, 15) is 9.59 Å². The minimum Gasteiger partial charge on any atom is -0.497 e. The van der Waals surface area contributed by atoms with Crippen LogP contribution < -0.4 is 10.4 Å². The first-order valence-electron chi connectivity index (χ1n) is 9.25. The Hall–Kier alpha value is -2.36. The fraction of sp³-hybridized carbons (Fsp3) is 0.455. The van der Waals surface area contributed by atoms with Gasteiger partial charge >= 0.3 is 5.63 Å². The second-order valence-electron chi connectivity index (χ2n) is 7.37. The summed E-state index contributed by atoms with van der Waals surface area (Å²) >= 11 is 0. The number of fused-ring (bicyclic) bond motifs is 2. The molecule has 1 aromatic heterocycles. The molecule has 4 nitrogen and oxygen atoms in total. The molecule has 26 heavy (non-hydrogen) atoms. The molecule has 1 unspecified atom stereocenters. The van der Waals surface area contributed by atoms with E-state index in [0.717, 1.165) is 30.6 Å². The zero-order valence-electron chi connectivity index (χ0n) is 15.5. The van der Waals surface area contributed by atoms with Crippen LogP contribution in [0.2, 0.25) is 0 Å². The van der Waals surface area contributed by atoms with E-state index >= 15 is 0 Å². The molecule has 2 aromatic rings. The smallest absolute Gasteiger partial charge is 0.336 e. The van der Waals surface area contributed by atoms with Crippen molar-refractivity contribution in [2.75, 3.05) is 7.11 Å². The summed E-state index contributed by atoms with van der Waals surface area (Å²) in [7, 11) is 1.57. The highest BCUT2D eigenvalue weighted by Gasteiger charge is 2.37. The summed E-state index contributed by atoms with van der Waals surface area (Å²) in [6.07, 6.45) is 5.47. The summed E-state index contributed by atoms with van der Waals surface area (Å²) in [6, 6.07) is 8.48. The van der Waals surface area contributed by atoms with Crippen LogP contribution in [-0.2, 0) is 4.79 Å². The number of hydrogen-bond donors (Lipinski definition) is 0. The predicted molar refractivity (Wildman–Crippen MR) is 102 cm³/mol. The Labute approximate surface area is 153 Å². The molecule has 4 heteroatoms. The Morgan fingerprint density at radius 2 is 1.88 bits per heavy atom. The van der Waals surface area contributed by atoms with Crippen LogP contribution in [0.5, 0.6) is 5.75 Å². The second kappa shape index (κ2) is 7.90. The van der Waals surface area contributed by atoms with Gasteiger partial charge in [0.2, 0.25) is 0 Å². The van der Waals surface area contributed by atoms with Crippen molar-refractivity contribution in [3.05, 3.63) is 52.9 Å². The van der Waals surface area contributed by atoms with E-state index in [0.29, 0.717) is 29.0 Å². The third-order valence-electron chi connectivity index (χ3n) is 5.73. The first kappa shape index (κ1) is 18.4. The van der Waals surface area contributed by atoms with E-state index in [1.165, 1.54) is 24.5 Å². The van der Waals surface area contributed by atoms with Crippen LogP contribution in [0.25, 0.3) is 11.0 Å². The minimum atomic E-state index is -0.347. The maximum Gasteiger partial charge on any atom is 0.336 e. The van der Waals surface area contributed by atoms with Crippen molar-refractivity contribution in [2.24, 2.45) is 17.8 Å². The van der Waals surface area contributed by atoms with Gasteiger partial charge in [0, 0.05) is 29.9 Å². The van der Waals surface area contributed by atoms with Crippen LogP contribution in [0.3, 0.4) is 0 Å². The third-order valence-corrected chi connectivity index (χ3v) is 5.73. The summed E-state index contributed by atoms with van der Waals surface area (Å²) in [4.78, 5) is 22.4. The number of allylic oxidation sites excluding steroid dienone is 1. The average molecular weight is 354 g/mol. The summed E-state index contributed by atoms with van der Waals surface area (Å²) in [5.74, 6) is 2.95. The number of rotatable bonds is 1. The molecule has 0 N–H and O–H groups in total. The zero-order valence-corrected chi connectivity index (χ0v) is 15.5. The van der Waals surface area contributed by atoms with Crippen LogP contribution in [0, 0.1) is 17.8 Å². The van der Waals surface area contributed by atoms with Gasteiger partial charge in [0.1, 0.15) is 17.1 Å². The number of hydrogen-bond acceptors (Lipinski definition) is 4. The molecule has 0 aliphatic heterocycles. The molecule has 0 bridgehead atoms. The first-order valence-corrected chi connectivity index (χ1v) is 9.25. The van der Waals surface area contributed by atoms with Crippen LogP contribution in [0.4, 0.5) is 0 Å². The van der Waals surface area contributed by atoms with Gasteiger partial charge in [0.25, 0.3) is 0 Å². The minimum absolute atomic E-state index is 0.326. The zero-order chi connectivity index (χ0) is 18.7. The van der Waals surface area contributed by atoms with E-state index in [2.05, 4.69) is 13.5 Å². The molecule has 2 aliphatic carbocycles. The predicted octanol–water partition coefficient (Wildman–Crippen LogP) is 4.76. The van der Waals surface area contributed by atoms with Crippen molar-refractivity contribution in [3.63, 3.8) is 0 Å². The molecule has 2 fully saturated rings. The number of ether oxygens (including phenoxy) is 1. The quantitative estimate of drug-likeness (QED) is 0.547. The molecule has 1 heterocycles. The highest BCUT2D eigenvalue weighted by atomic mass is 16.5. The highest BCUT2D eigenvalue weighted by Crippen LogP contribution is 2.43. The molecule has 2 aliphatic rings. The van der Waals surface area contributed by atoms with Gasteiger partial charge in [-0.1, -0.05) is 19.1 Å². The molecule has 1 aromatic carbocycles. The molecule has 138 valence electrons. The van der Waals surface area contributed by atoms with E-state index in [-0.39, 0.29) is 5.63 Å². The van der Waals surface area contributed by atoms with E-state index in [4.69, 9.17) is 9.15 Å². The van der Waals surface area contributed by atoms with Gasteiger partial charge in [-0.2, -0.15) is 0 Å². The van der Waals surface area contributed by atoms with Crippen molar-refractivity contribution in [1.29, 1.82) is 0 Å². The lowest BCUT2D eigenvalue weighted by Gasteiger charge is -2.39. The van der Waals surface area contributed by atoms with Crippen molar-refractivity contribution >= 4 is 16.8 Å². The summed E-state index contributed by atoms with van der Waals surface area (Å²) in [5.41, 5.74) is 1.61. The molecule has 4 rings (SSSR count). The molecule has 0 amide bonds. The number of carbonyl (C=O) groups is 1. The number of methoxy groups -OCH3 is 1. The largest absolute Gasteiger partial charge is 0.497 e. The Bertz CT molecular complexity index is 864. The lowest BCUT2D eigenvalue weighted by atomic mass is 9.65. The molecular formula is C22H26O4. The van der Waals surface area contributed by atoms with Crippen LogP contribution in [-0.4, -0.2) is 12.9 Å². The number of Topliss-reactive ketones (excluding diaryl/α,β-unsaturated/α-hetero) is 1. The fourth-order valence-corrected chi connectivity index (χ4v) is 4.17. The lowest BCUT2D eigenvalue weighted by molar-refractivity contribution is -0.128. The van der Waals surface area contributed by atoms with E-state index in [1.54, 1.807) is 19.2 Å². The van der Waals surface area contributed by atoms with Crippen molar-refractivity contribution in [3.8, 4) is 5.75 Å². The first-order chi connectivity index (χ1) is 12.5. The van der Waals surface area contributed by atoms with E-state index < -0.39 is 0 Å². The van der Waals surface area contributed by atoms with Gasteiger partial charge in [0.05, 0.1) is 7.11 Å². The van der Waals surface area contributed by atoms with Gasteiger partial charge in [-0.05, 0) is 55.7 Å². The average Bonchev–Trinajstić information content (AvgIpc) is 2.64. The van der Waals surface area contributed by atoms with Gasteiger partial charge in [0.15, 0.2) is 0 Å². The van der Waals surface area contributed by atoms with Crippen molar-refractivity contribution in [1.82, 2.24) is 0 Å². The Balaban J connectivity index is 0.000000151. The molecule has 0 radical (unpaired) electrons. The SMILES string of the molecule is C=C1CC[C@H]2C(CCC(=O)[C@@H]2C)C1.COc1ccc2ccc(=O)oc2c1. The highest BCUT2D eigenvalue weighted by molar-refractivity contribution is 5.81. The number of benzene rings is 1. The fourth-order valence-electron chi connectivity index (χ4n) is 4.17. The lowest BCUT2D eigenvalue weighted by Crippen LogP contribution is -2.35. The van der Waals surface area contributed by atoms with Gasteiger partial charge in [-0.25, -0.2) is 4.79 Å². The van der Waals surface area contributed by atoms with Crippen molar-refractivity contribution < 1.29 is 13.9 Å². The molecule has 0 spiro atoms. The Morgan fingerprint density at radius 3 is 2.65 bits per heavy atom. The Kier molecular flexibility index (Phi) is 5.60. The second-order valence-corrected chi connectivity index (χ2v) is 7.37. The summed E-state index contributed by atoms with van der Waals surface area (Å²) < 4.78 is 9.97. The number of carbonyl (C=O) groups excluding carboxylic acids is 1. The van der Waals surface area contributed by atoms with E-state index in [1.807, 2.05) is 12.1 Å². The van der Waals surface area contributed by atoms with Gasteiger partial charge in [-0.3, -0.25) is 4.79 Å². The van der Waals surface area contributed by atoms with Crippen molar-refractivity contribution in [2.45, 2.75) is 39.0 Å². The topological polar surface area (TPSA) is 56.5 Å². The standard InChI is InChI=1S/C12H18O.C10H8O3/c1-8-3-5-11-9(2)12(13)6-4-10(11)7-8;1-12-8-4-2-7-3-5-10(11)13-9(7)6-8/h9-11H,1,3-7H2,2H3;2-6H,1H3/t9-,10?,11-;/m1./s1. The normalized spacial score (nSPS) is 25.2. The van der Waals surface area contributed by atoms with Gasteiger partial charge in [-0.15, -0.1) is 0 Å². The summed E-state index contributed by atoms with van der Waals surface area (Å²) in [5, 5.41) is 0.889. The van der Waals surface area contributed by atoms with Gasteiger partial charge < -0.3 is 9.15 Å². The molecule has 2 saturated carbocycles. The van der Waals surface area contributed by atoms with Crippen LogP contribution >= 0.6 is 0 Å². The summed E-state index contributed by atoms with van der Waals surface area (Å²) in [6.45, 7) is 6.18. The third kappa shape index (κ3) is 4.06. The maximum absolute atomic E-state index is 11.5. The van der Waals surface area contributed by atoms with Crippen LogP contribution in [0.1, 0.15) is 39.0 Å². The van der Waals surface area contributed by atoms with Crippen LogP contribution in [0.15, 0.2) is 51.7 Å². The number of ketones is 1. The molecule has 0 saturated heterocycles. The maximum atomic E-state index is 11.5. The molecule has 3 atom stereocenters. The monoisotopic (exact) mass is 354 g/mol.